The van der Waals surface area contributed by atoms with E-state index in [0.29, 0.717) is 11.3 Å². The molecule has 0 N–H and O–H groups in total. The van der Waals surface area contributed by atoms with E-state index >= 15 is 0 Å². The highest BCUT2D eigenvalue weighted by Gasteiger charge is 2.61. The van der Waals surface area contributed by atoms with Crippen molar-refractivity contribution in [1.29, 1.82) is 0 Å². The van der Waals surface area contributed by atoms with Crippen LogP contribution in [0.3, 0.4) is 0 Å². The monoisotopic (exact) mass is 488 g/mol. The second kappa shape index (κ2) is 9.23. The van der Waals surface area contributed by atoms with E-state index in [1.165, 1.54) is 16.9 Å². The number of aromatic nitrogens is 2. The normalized spacial score (nSPS) is 18.9. The Labute approximate surface area is 209 Å². The fraction of sp³-hybridized carbons (Fsp3) is 0.333. The van der Waals surface area contributed by atoms with Crippen LogP contribution in [0.15, 0.2) is 54.6 Å². The molecule has 2 aromatic carbocycles. The third-order valence-corrected chi connectivity index (χ3v) is 6.78. The average Bonchev–Trinajstić information content (AvgIpc) is 3.41. The zero-order valence-electron chi connectivity index (χ0n) is 20.6. The fourth-order valence-corrected chi connectivity index (χ4v) is 5.12. The first-order valence-electron chi connectivity index (χ1n) is 11.9. The smallest absolute Gasteiger partial charge is 0.354 e. The van der Waals surface area contributed by atoms with E-state index in [0.717, 1.165) is 22.6 Å². The van der Waals surface area contributed by atoms with Crippen LogP contribution in [0.4, 0.5) is 5.69 Å². The Kier molecular flexibility index (Phi) is 6.09. The van der Waals surface area contributed by atoms with Crippen LogP contribution in [-0.4, -0.2) is 58.4 Å². The van der Waals surface area contributed by atoms with Crippen LogP contribution >= 0.6 is 0 Å². The molecule has 3 heterocycles. The summed E-state index contributed by atoms with van der Waals surface area (Å²) in [6.45, 7) is 4.31. The average molecular weight is 489 g/mol. The van der Waals surface area contributed by atoms with Gasteiger partial charge in [0.2, 0.25) is 11.6 Å². The molecule has 5 rings (SSSR count). The molecule has 1 atom stereocenters. The van der Waals surface area contributed by atoms with E-state index < -0.39 is 11.6 Å². The van der Waals surface area contributed by atoms with Gasteiger partial charge >= 0.3 is 5.97 Å². The van der Waals surface area contributed by atoms with E-state index in [9.17, 15) is 14.4 Å². The summed E-state index contributed by atoms with van der Waals surface area (Å²) in [5.41, 5.74) is 2.92. The van der Waals surface area contributed by atoms with Gasteiger partial charge in [-0.05, 0) is 49.7 Å². The summed E-state index contributed by atoms with van der Waals surface area (Å²) in [4.78, 5) is 43.1. The van der Waals surface area contributed by atoms with Crippen LogP contribution < -0.4 is 4.90 Å². The molecule has 2 amide bonds. The Balaban J connectivity index is 1.42. The van der Waals surface area contributed by atoms with Gasteiger partial charge in [-0.15, -0.1) is 0 Å². The lowest BCUT2D eigenvalue weighted by molar-refractivity contribution is -0.159. The molecule has 3 aromatic rings. The highest BCUT2D eigenvalue weighted by atomic mass is 16.5. The number of nitrogens with zero attached hydrogens (tertiary/aromatic N) is 4. The van der Waals surface area contributed by atoms with Crippen LogP contribution in [-0.2, 0) is 25.7 Å². The quantitative estimate of drug-likeness (QED) is 0.475. The van der Waals surface area contributed by atoms with Crippen LogP contribution in [0, 0.1) is 13.8 Å². The van der Waals surface area contributed by atoms with Crippen molar-refractivity contribution in [2.24, 2.45) is 0 Å². The highest BCUT2D eigenvalue weighted by molar-refractivity contribution is 6.15. The Morgan fingerprint density at radius 3 is 2.53 bits per heavy atom. The number of esters is 1. The number of para-hydroxylation sites is 1. The number of aryl methyl sites for hydroxylation is 2. The van der Waals surface area contributed by atoms with Crippen molar-refractivity contribution in [3.05, 3.63) is 77.1 Å². The number of hydrogen-bond donors (Lipinski definition) is 0. The fourth-order valence-electron chi connectivity index (χ4n) is 5.12. The molecular weight excluding hydrogens is 460 g/mol. The lowest BCUT2D eigenvalue weighted by Crippen LogP contribution is -2.68. The summed E-state index contributed by atoms with van der Waals surface area (Å²) in [5, 5.41) is 4.49. The maximum absolute atomic E-state index is 13.7. The third-order valence-electron chi connectivity index (χ3n) is 6.78. The van der Waals surface area contributed by atoms with Crippen LogP contribution in [0.1, 0.15) is 40.2 Å². The van der Waals surface area contributed by atoms with Gasteiger partial charge in [0.05, 0.1) is 29.2 Å². The van der Waals surface area contributed by atoms with E-state index in [4.69, 9.17) is 9.47 Å². The van der Waals surface area contributed by atoms with Gasteiger partial charge in [-0.1, -0.05) is 24.3 Å². The van der Waals surface area contributed by atoms with Gasteiger partial charge in [0.25, 0.3) is 5.91 Å². The molecule has 2 aliphatic heterocycles. The number of anilines is 1. The maximum Gasteiger partial charge on any atom is 0.354 e. The van der Waals surface area contributed by atoms with Crippen molar-refractivity contribution in [3.63, 3.8) is 0 Å². The number of carbonyl (C=O) groups is 3. The number of rotatable bonds is 7. The Morgan fingerprint density at radius 2 is 1.83 bits per heavy atom. The van der Waals surface area contributed by atoms with Gasteiger partial charge in [-0.2, -0.15) is 5.10 Å². The van der Waals surface area contributed by atoms with Crippen LogP contribution in [0.2, 0.25) is 0 Å². The summed E-state index contributed by atoms with van der Waals surface area (Å²) >= 11 is 0. The molecule has 0 bridgehead atoms. The molecule has 2 aliphatic rings. The number of carbonyl (C=O) groups excluding carboxylic acids is 3. The Bertz CT molecular complexity index is 1330. The predicted octanol–water partition coefficient (Wildman–Crippen LogP) is 3.16. The largest absolute Gasteiger partial charge is 0.458 e. The van der Waals surface area contributed by atoms with E-state index in [-0.39, 0.29) is 44.4 Å². The summed E-state index contributed by atoms with van der Waals surface area (Å²) in [7, 11) is 1.53. The van der Waals surface area contributed by atoms with E-state index in [2.05, 4.69) is 5.10 Å². The van der Waals surface area contributed by atoms with E-state index in [1.54, 1.807) is 24.3 Å². The molecule has 1 aromatic heterocycles. The number of amides is 2. The van der Waals surface area contributed by atoms with Crippen molar-refractivity contribution in [3.8, 4) is 5.69 Å². The Morgan fingerprint density at radius 1 is 1.08 bits per heavy atom. The first kappa shape index (κ1) is 23.7. The lowest BCUT2D eigenvalue weighted by Gasteiger charge is -2.48. The van der Waals surface area contributed by atoms with Gasteiger partial charge < -0.3 is 14.4 Å². The van der Waals surface area contributed by atoms with Gasteiger partial charge in [0.1, 0.15) is 6.61 Å². The molecule has 0 aliphatic carbocycles. The minimum absolute atomic E-state index is 0.00790. The first-order chi connectivity index (χ1) is 17.4. The minimum atomic E-state index is -1.54. The number of benzene rings is 2. The molecule has 1 saturated heterocycles. The number of fused-ring (bicyclic) bond motifs is 3. The molecule has 0 radical (unpaired) electrons. The molecule has 186 valence electrons. The van der Waals surface area contributed by atoms with Crippen LogP contribution in [0.25, 0.3) is 5.69 Å². The molecule has 36 heavy (non-hydrogen) atoms. The minimum Gasteiger partial charge on any atom is -0.458 e. The van der Waals surface area contributed by atoms with Crippen molar-refractivity contribution in [2.45, 2.75) is 39.0 Å². The molecule has 1 fully saturated rings. The van der Waals surface area contributed by atoms with Gasteiger partial charge in [0.15, 0.2) is 0 Å². The SMILES string of the molecule is COCCN1C(=O)c2ccccc2N2C(=O)CCC12C(=O)OCc1ccc(-n2nc(C)cc2C)cc1. The van der Waals surface area contributed by atoms with E-state index in [1.807, 2.05) is 48.9 Å². The molecule has 1 unspecified atom stereocenters. The second-order valence-corrected chi connectivity index (χ2v) is 9.09. The summed E-state index contributed by atoms with van der Waals surface area (Å²) in [6, 6.07) is 16.4. The summed E-state index contributed by atoms with van der Waals surface area (Å²) in [6.07, 6.45) is 0.294. The summed E-state index contributed by atoms with van der Waals surface area (Å²) in [5.74, 6) is -1.17. The number of hydrogen-bond acceptors (Lipinski definition) is 6. The number of methoxy groups -OCH3 is 1. The summed E-state index contributed by atoms with van der Waals surface area (Å²) < 4.78 is 12.8. The van der Waals surface area contributed by atoms with Crippen molar-refractivity contribution in [2.75, 3.05) is 25.2 Å². The second-order valence-electron chi connectivity index (χ2n) is 9.09. The van der Waals surface area contributed by atoms with Crippen molar-refractivity contribution < 1.29 is 23.9 Å². The van der Waals surface area contributed by atoms with Crippen molar-refractivity contribution >= 4 is 23.5 Å². The molecule has 0 spiro atoms. The Hall–Kier alpha value is -3.98. The van der Waals surface area contributed by atoms with Crippen LogP contribution in [0.5, 0.6) is 0 Å². The first-order valence-corrected chi connectivity index (χ1v) is 11.9. The van der Waals surface area contributed by atoms with Gasteiger partial charge in [-0.25, -0.2) is 9.48 Å². The highest BCUT2D eigenvalue weighted by Crippen LogP contribution is 2.45. The zero-order chi connectivity index (χ0) is 25.4. The van der Waals surface area contributed by atoms with Crippen molar-refractivity contribution in [1.82, 2.24) is 14.7 Å². The number of ether oxygens (including phenoxy) is 2. The van der Waals surface area contributed by atoms with Gasteiger partial charge in [0, 0.05) is 32.2 Å². The maximum atomic E-state index is 13.7. The van der Waals surface area contributed by atoms with Gasteiger partial charge in [-0.3, -0.25) is 14.5 Å². The lowest BCUT2D eigenvalue weighted by atomic mass is 9.96. The predicted molar refractivity (Wildman–Crippen MR) is 132 cm³/mol. The zero-order valence-corrected chi connectivity index (χ0v) is 20.6. The molecule has 9 nitrogen and oxygen atoms in total. The standard InChI is InChI=1S/C27H28N4O5/c1-18-16-19(2)31(28-18)21-10-8-20(9-11-21)17-36-26(34)27-13-12-24(32)30(27)23-7-5-4-6-22(23)25(33)29(27)14-15-35-3/h4-11,16H,12-15,17H2,1-3H3. The topological polar surface area (TPSA) is 94.0 Å². The molecule has 0 saturated carbocycles. The molecule has 9 heteroatoms. The third kappa shape index (κ3) is 3.76. The molecular formula is C27H28N4O5.